The molecule has 3 amide bonds. The number of likely N-dealkylation sites (tertiary alicyclic amines) is 2. The van der Waals surface area contributed by atoms with Crippen LogP contribution in [-0.2, 0) is 14.4 Å². The standard InChI is InChI=1S/C16H25N3O3/c1-16(9-17)6-7-18(10-16)13(20)8-19-14(21)11-4-2-3-5-12(11)15(19)22/h11-12H,2-10,17H2,1H3. The van der Waals surface area contributed by atoms with Gasteiger partial charge in [-0.1, -0.05) is 19.8 Å². The van der Waals surface area contributed by atoms with Crippen molar-refractivity contribution in [2.45, 2.75) is 39.0 Å². The monoisotopic (exact) mass is 307 g/mol. The smallest absolute Gasteiger partial charge is 0.242 e. The molecular weight excluding hydrogens is 282 g/mol. The largest absolute Gasteiger partial charge is 0.341 e. The first kappa shape index (κ1) is 15.5. The molecule has 0 aromatic carbocycles. The van der Waals surface area contributed by atoms with Crippen molar-refractivity contribution in [1.29, 1.82) is 0 Å². The van der Waals surface area contributed by atoms with Crippen molar-refractivity contribution in [3.05, 3.63) is 0 Å². The minimum Gasteiger partial charge on any atom is -0.341 e. The van der Waals surface area contributed by atoms with E-state index >= 15 is 0 Å². The summed E-state index contributed by atoms with van der Waals surface area (Å²) in [5.74, 6) is -0.755. The van der Waals surface area contributed by atoms with E-state index in [1.807, 2.05) is 0 Å². The van der Waals surface area contributed by atoms with Crippen molar-refractivity contribution in [3.8, 4) is 0 Å². The Morgan fingerprint density at radius 1 is 1.23 bits per heavy atom. The van der Waals surface area contributed by atoms with Gasteiger partial charge in [0.15, 0.2) is 0 Å². The van der Waals surface area contributed by atoms with Crippen molar-refractivity contribution in [2.75, 3.05) is 26.2 Å². The highest BCUT2D eigenvalue weighted by molar-refractivity contribution is 6.07. The van der Waals surface area contributed by atoms with Gasteiger partial charge in [0.05, 0.1) is 11.8 Å². The molecule has 3 unspecified atom stereocenters. The molecule has 0 radical (unpaired) electrons. The van der Waals surface area contributed by atoms with Crippen LogP contribution in [0.2, 0.25) is 0 Å². The molecule has 3 aliphatic rings. The van der Waals surface area contributed by atoms with Gasteiger partial charge in [0.1, 0.15) is 6.54 Å². The lowest BCUT2D eigenvalue weighted by Gasteiger charge is -2.24. The van der Waals surface area contributed by atoms with E-state index in [4.69, 9.17) is 5.73 Å². The van der Waals surface area contributed by atoms with Gasteiger partial charge in [-0.05, 0) is 31.2 Å². The normalized spacial score (nSPS) is 35.2. The number of nitrogens with zero attached hydrogens (tertiary/aromatic N) is 2. The van der Waals surface area contributed by atoms with Crippen LogP contribution >= 0.6 is 0 Å². The molecule has 0 spiro atoms. The van der Waals surface area contributed by atoms with Gasteiger partial charge in [0.2, 0.25) is 17.7 Å². The van der Waals surface area contributed by atoms with Gasteiger partial charge in [-0.2, -0.15) is 0 Å². The maximum atomic E-state index is 12.4. The van der Waals surface area contributed by atoms with Crippen LogP contribution in [0.1, 0.15) is 39.0 Å². The van der Waals surface area contributed by atoms with Gasteiger partial charge in [0.25, 0.3) is 0 Å². The van der Waals surface area contributed by atoms with Crippen LogP contribution in [-0.4, -0.2) is 53.7 Å². The van der Waals surface area contributed by atoms with E-state index in [0.717, 1.165) is 32.1 Å². The van der Waals surface area contributed by atoms with E-state index in [1.165, 1.54) is 4.90 Å². The van der Waals surface area contributed by atoms with Gasteiger partial charge >= 0.3 is 0 Å². The number of carbonyl (C=O) groups excluding carboxylic acids is 3. The third-order valence-electron chi connectivity index (χ3n) is 5.63. The van der Waals surface area contributed by atoms with Crippen LogP contribution in [0.5, 0.6) is 0 Å². The lowest BCUT2D eigenvalue weighted by Crippen LogP contribution is -2.43. The maximum Gasteiger partial charge on any atom is 0.242 e. The van der Waals surface area contributed by atoms with E-state index < -0.39 is 0 Å². The minimum absolute atomic E-state index is 0.0390. The summed E-state index contributed by atoms with van der Waals surface area (Å²) in [5.41, 5.74) is 5.72. The second kappa shape index (κ2) is 5.65. The Hall–Kier alpha value is -1.43. The van der Waals surface area contributed by atoms with Gasteiger partial charge in [-0.15, -0.1) is 0 Å². The Labute approximate surface area is 131 Å². The van der Waals surface area contributed by atoms with Crippen molar-refractivity contribution in [2.24, 2.45) is 23.0 Å². The second-order valence-corrected chi connectivity index (χ2v) is 7.34. The van der Waals surface area contributed by atoms with Crippen LogP contribution in [0.15, 0.2) is 0 Å². The molecule has 1 aliphatic carbocycles. The summed E-state index contributed by atoms with van der Waals surface area (Å²) in [6.07, 6.45) is 4.46. The molecule has 6 nitrogen and oxygen atoms in total. The number of carbonyl (C=O) groups is 3. The summed E-state index contributed by atoms with van der Waals surface area (Å²) >= 11 is 0. The van der Waals surface area contributed by atoms with Crippen LogP contribution in [0.25, 0.3) is 0 Å². The van der Waals surface area contributed by atoms with Gasteiger partial charge in [-0.3, -0.25) is 19.3 Å². The number of hydrogen-bond acceptors (Lipinski definition) is 4. The lowest BCUT2D eigenvalue weighted by atomic mass is 9.81. The van der Waals surface area contributed by atoms with E-state index in [-0.39, 0.29) is 41.5 Å². The number of rotatable bonds is 3. The highest BCUT2D eigenvalue weighted by Gasteiger charge is 2.49. The van der Waals surface area contributed by atoms with E-state index in [9.17, 15) is 14.4 Å². The predicted molar refractivity (Wildman–Crippen MR) is 80.5 cm³/mol. The quantitative estimate of drug-likeness (QED) is 0.763. The van der Waals surface area contributed by atoms with Crippen LogP contribution in [0.4, 0.5) is 0 Å². The summed E-state index contributed by atoms with van der Waals surface area (Å²) in [6.45, 7) is 3.80. The molecule has 22 heavy (non-hydrogen) atoms. The Morgan fingerprint density at radius 2 is 1.82 bits per heavy atom. The number of imide groups is 1. The zero-order chi connectivity index (χ0) is 15.9. The molecule has 3 rings (SSSR count). The zero-order valence-corrected chi connectivity index (χ0v) is 13.2. The molecule has 3 atom stereocenters. The summed E-state index contributed by atoms with van der Waals surface area (Å²) in [6, 6.07) is 0. The average Bonchev–Trinajstić information content (AvgIpc) is 3.03. The first-order valence-corrected chi connectivity index (χ1v) is 8.28. The third-order valence-corrected chi connectivity index (χ3v) is 5.63. The number of nitrogens with two attached hydrogens (primary N) is 1. The van der Waals surface area contributed by atoms with Crippen LogP contribution in [0, 0.1) is 17.3 Å². The Bertz CT molecular complexity index is 483. The van der Waals surface area contributed by atoms with Gasteiger partial charge in [0, 0.05) is 13.1 Å². The third kappa shape index (κ3) is 2.53. The van der Waals surface area contributed by atoms with Crippen molar-refractivity contribution < 1.29 is 14.4 Å². The average molecular weight is 307 g/mol. The summed E-state index contributed by atoms with van der Waals surface area (Å²) in [7, 11) is 0. The molecule has 1 saturated carbocycles. The number of hydrogen-bond donors (Lipinski definition) is 1. The SMILES string of the molecule is CC1(CN)CCN(C(=O)CN2C(=O)C3CCCCC3C2=O)C1. The molecule has 122 valence electrons. The molecule has 2 heterocycles. The fraction of sp³-hybridized carbons (Fsp3) is 0.812. The molecule has 0 aromatic rings. The van der Waals surface area contributed by atoms with E-state index in [1.54, 1.807) is 4.90 Å². The van der Waals surface area contributed by atoms with Gasteiger partial charge < -0.3 is 10.6 Å². The molecular formula is C16H25N3O3. The fourth-order valence-electron chi connectivity index (χ4n) is 4.03. The molecule has 2 saturated heterocycles. The number of fused-ring (bicyclic) bond motifs is 1. The molecule has 3 fully saturated rings. The summed E-state index contributed by atoms with van der Waals surface area (Å²) in [4.78, 5) is 40.2. The number of amides is 3. The Morgan fingerprint density at radius 3 is 2.32 bits per heavy atom. The molecule has 0 bridgehead atoms. The Balaban J connectivity index is 1.64. The first-order valence-electron chi connectivity index (χ1n) is 8.28. The molecule has 2 N–H and O–H groups in total. The van der Waals surface area contributed by atoms with Crippen molar-refractivity contribution >= 4 is 17.7 Å². The predicted octanol–water partition coefficient (Wildman–Crippen LogP) is 0.359. The highest BCUT2D eigenvalue weighted by atomic mass is 16.2. The zero-order valence-electron chi connectivity index (χ0n) is 13.2. The van der Waals surface area contributed by atoms with E-state index in [0.29, 0.717) is 19.6 Å². The molecule has 6 heteroatoms. The highest BCUT2D eigenvalue weighted by Crippen LogP contribution is 2.38. The van der Waals surface area contributed by atoms with Crippen molar-refractivity contribution in [3.63, 3.8) is 0 Å². The summed E-state index contributed by atoms with van der Waals surface area (Å²) < 4.78 is 0. The maximum absolute atomic E-state index is 12.4. The van der Waals surface area contributed by atoms with Gasteiger partial charge in [-0.25, -0.2) is 0 Å². The first-order chi connectivity index (χ1) is 10.4. The summed E-state index contributed by atoms with van der Waals surface area (Å²) in [5, 5.41) is 0. The lowest BCUT2D eigenvalue weighted by molar-refractivity contribution is -0.146. The van der Waals surface area contributed by atoms with Crippen LogP contribution < -0.4 is 5.73 Å². The minimum atomic E-state index is -0.179. The van der Waals surface area contributed by atoms with E-state index in [2.05, 4.69) is 6.92 Å². The fourth-order valence-corrected chi connectivity index (χ4v) is 4.03. The molecule has 2 aliphatic heterocycles. The Kier molecular flexibility index (Phi) is 3.97. The topological polar surface area (TPSA) is 83.7 Å². The molecule has 0 aromatic heterocycles. The van der Waals surface area contributed by atoms with Crippen molar-refractivity contribution in [1.82, 2.24) is 9.80 Å². The van der Waals surface area contributed by atoms with Crippen LogP contribution in [0.3, 0.4) is 0 Å². The second-order valence-electron chi connectivity index (χ2n) is 7.34.